The molecule has 0 heterocycles. The molecule has 0 unspecified atom stereocenters. The predicted octanol–water partition coefficient (Wildman–Crippen LogP) is 2.74. The van der Waals surface area contributed by atoms with Crippen LogP contribution in [0.5, 0.6) is 0 Å². The Labute approximate surface area is 151 Å². The number of amides is 1. The summed E-state index contributed by atoms with van der Waals surface area (Å²) in [5.41, 5.74) is 1.55. The fraction of sp³-hybridized carbons (Fsp3) is 0.500. The zero-order valence-electron chi connectivity index (χ0n) is 16.2. The third kappa shape index (κ3) is 9.05. The molecule has 0 spiro atoms. The van der Waals surface area contributed by atoms with E-state index >= 15 is 0 Å². The first-order chi connectivity index (χ1) is 11.6. The lowest BCUT2D eigenvalue weighted by Crippen LogP contribution is -2.41. The Morgan fingerprint density at radius 1 is 1.08 bits per heavy atom. The number of rotatable bonds is 7. The summed E-state index contributed by atoms with van der Waals surface area (Å²) in [6, 6.07) is 7.90. The summed E-state index contributed by atoms with van der Waals surface area (Å²) in [7, 11) is 3.86. The van der Waals surface area contributed by atoms with Gasteiger partial charge in [0.15, 0.2) is 0 Å². The van der Waals surface area contributed by atoms with Crippen LogP contribution in [0.4, 0.5) is 0 Å². The summed E-state index contributed by atoms with van der Waals surface area (Å²) in [5, 5.41) is 0. The topological polar surface area (TPSA) is 49.9 Å². The highest BCUT2D eigenvalue weighted by atomic mass is 16.6. The van der Waals surface area contributed by atoms with E-state index in [1.54, 1.807) is 6.08 Å². The quantitative estimate of drug-likeness (QED) is 0.563. The van der Waals surface area contributed by atoms with E-state index in [1.807, 2.05) is 71.0 Å². The maximum absolute atomic E-state index is 12.5. The number of benzene rings is 1. The first-order valence-corrected chi connectivity index (χ1v) is 8.47. The van der Waals surface area contributed by atoms with Crippen LogP contribution in [-0.4, -0.2) is 61.0 Å². The van der Waals surface area contributed by atoms with Crippen molar-refractivity contribution < 1.29 is 14.3 Å². The van der Waals surface area contributed by atoms with Crippen LogP contribution in [0.25, 0.3) is 6.08 Å². The molecule has 1 aromatic rings. The number of carbonyl (C=O) groups is 2. The van der Waals surface area contributed by atoms with Crippen molar-refractivity contribution in [3.8, 4) is 0 Å². The van der Waals surface area contributed by atoms with E-state index in [0.29, 0.717) is 13.1 Å². The molecule has 0 bridgehead atoms. The van der Waals surface area contributed by atoms with E-state index in [1.165, 1.54) is 16.5 Å². The van der Waals surface area contributed by atoms with Crippen molar-refractivity contribution in [2.75, 3.05) is 33.7 Å². The molecule has 0 aliphatic heterocycles. The molecule has 1 amide bonds. The van der Waals surface area contributed by atoms with Gasteiger partial charge in [-0.05, 0) is 53.4 Å². The van der Waals surface area contributed by atoms with E-state index < -0.39 is 11.6 Å². The highest BCUT2D eigenvalue weighted by Gasteiger charge is 2.21. The molecule has 1 aromatic carbocycles. The predicted molar refractivity (Wildman–Crippen MR) is 101 cm³/mol. The summed E-state index contributed by atoms with van der Waals surface area (Å²) in [6.45, 7) is 8.54. The van der Waals surface area contributed by atoms with Crippen molar-refractivity contribution in [2.45, 2.75) is 33.3 Å². The molecule has 0 fully saturated rings. The van der Waals surface area contributed by atoms with Crippen LogP contribution in [0, 0.1) is 6.92 Å². The number of nitrogens with zero attached hydrogens (tertiary/aromatic N) is 2. The Morgan fingerprint density at radius 2 is 1.68 bits per heavy atom. The molecule has 0 radical (unpaired) electrons. The van der Waals surface area contributed by atoms with Crippen molar-refractivity contribution in [1.29, 1.82) is 0 Å². The van der Waals surface area contributed by atoms with Crippen LogP contribution in [0.1, 0.15) is 31.9 Å². The molecule has 0 aliphatic rings. The second-order valence-electron chi connectivity index (χ2n) is 7.39. The van der Waals surface area contributed by atoms with Crippen LogP contribution >= 0.6 is 0 Å². The van der Waals surface area contributed by atoms with Gasteiger partial charge in [0.05, 0.1) is 0 Å². The maximum atomic E-state index is 12.5. The summed E-state index contributed by atoms with van der Waals surface area (Å²) in [6.07, 6.45) is 3.27. The van der Waals surface area contributed by atoms with E-state index in [0.717, 1.165) is 5.56 Å². The van der Waals surface area contributed by atoms with Gasteiger partial charge in [-0.1, -0.05) is 29.8 Å². The first-order valence-electron chi connectivity index (χ1n) is 8.47. The first kappa shape index (κ1) is 20.9. The van der Waals surface area contributed by atoms with Crippen LogP contribution in [0.3, 0.4) is 0 Å². The number of esters is 1. The number of carbonyl (C=O) groups excluding carboxylic acids is 2. The highest BCUT2D eigenvalue weighted by Crippen LogP contribution is 2.09. The SMILES string of the molecule is Cc1ccc(/C=C/C(=O)N(CCN(C)C)CC(=O)OC(C)(C)C)cc1. The number of likely N-dealkylation sites (N-methyl/N-ethyl adjacent to an activating group) is 1. The Kier molecular flexibility index (Phi) is 7.84. The van der Waals surface area contributed by atoms with Crippen molar-refractivity contribution in [2.24, 2.45) is 0 Å². The van der Waals surface area contributed by atoms with Crippen LogP contribution in [0.2, 0.25) is 0 Å². The molecule has 0 N–H and O–H groups in total. The van der Waals surface area contributed by atoms with E-state index in [2.05, 4.69) is 0 Å². The van der Waals surface area contributed by atoms with Gasteiger partial charge in [-0.15, -0.1) is 0 Å². The molecule has 5 heteroatoms. The summed E-state index contributed by atoms with van der Waals surface area (Å²) >= 11 is 0. The van der Waals surface area contributed by atoms with Gasteiger partial charge in [0, 0.05) is 19.2 Å². The zero-order chi connectivity index (χ0) is 19.0. The van der Waals surface area contributed by atoms with Gasteiger partial charge in [0.1, 0.15) is 12.1 Å². The second kappa shape index (κ2) is 9.37. The minimum Gasteiger partial charge on any atom is -0.459 e. The number of aryl methyl sites for hydroxylation is 1. The fourth-order valence-corrected chi connectivity index (χ4v) is 2.07. The highest BCUT2D eigenvalue weighted by molar-refractivity contribution is 5.93. The van der Waals surface area contributed by atoms with Gasteiger partial charge in [0.25, 0.3) is 0 Å². The third-order valence-corrected chi connectivity index (χ3v) is 3.36. The van der Waals surface area contributed by atoms with Gasteiger partial charge in [-0.3, -0.25) is 9.59 Å². The molecule has 0 saturated carbocycles. The zero-order valence-corrected chi connectivity index (χ0v) is 16.2. The maximum Gasteiger partial charge on any atom is 0.326 e. The molecule has 0 saturated heterocycles. The monoisotopic (exact) mass is 346 g/mol. The van der Waals surface area contributed by atoms with Gasteiger partial charge in [-0.25, -0.2) is 0 Å². The van der Waals surface area contributed by atoms with Crippen molar-refractivity contribution in [3.05, 3.63) is 41.5 Å². The lowest BCUT2D eigenvalue weighted by Gasteiger charge is -2.25. The molecular formula is C20H30N2O3. The van der Waals surface area contributed by atoms with E-state index in [-0.39, 0.29) is 12.5 Å². The molecule has 25 heavy (non-hydrogen) atoms. The number of ether oxygens (including phenoxy) is 1. The van der Waals surface area contributed by atoms with Crippen molar-refractivity contribution >= 4 is 18.0 Å². The average molecular weight is 346 g/mol. The van der Waals surface area contributed by atoms with Gasteiger partial charge >= 0.3 is 5.97 Å². The lowest BCUT2D eigenvalue weighted by atomic mass is 10.1. The van der Waals surface area contributed by atoms with Crippen molar-refractivity contribution in [3.63, 3.8) is 0 Å². The second-order valence-corrected chi connectivity index (χ2v) is 7.39. The fourth-order valence-electron chi connectivity index (χ4n) is 2.07. The van der Waals surface area contributed by atoms with Gasteiger partial charge < -0.3 is 14.5 Å². The van der Waals surface area contributed by atoms with E-state index in [9.17, 15) is 9.59 Å². The molecule has 138 valence electrons. The minimum absolute atomic E-state index is 0.0534. The average Bonchev–Trinajstić information content (AvgIpc) is 2.48. The van der Waals surface area contributed by atoms with E-state index in [4.69, 9.17) is 4.74 Å². The lowest BCUT2D eigenvalue weighted by molar-refractivity contribution is -0.158. The standard InChI is InChI=1S/C20H30N2O3/c1-16-7-9-17(10-8-16)11-12-18(23)22(14-13-21(5)6)15-19(24)25-20(2,3)4/h7-12H,13-15H2,1-6H3/b12-11+. The summed E-state index contributed by atoms with van der Waals surface area (Å²) < 4.78 is 5.33. The van der Waals surface area contributed by atoms with Crippen molar-refractivity contribution in [1.82, 2.24) is 9.80 Å². The molecule has 0 aliphatic carbocycles. The number of hydrogen-bond donors (Lipinski definition) is 0. The summed E-state index contributed by atoms with van der Waals surface area (Å²) in [4.78, 5) is 28.1. The molecule has 1 rings (SSSR count). The molecule has 0 atom stereocenters. The van der Waals surface area contributed by atoms with Gasteiger partial charge in [-0.2, -0.15) is 0 Å². The normalized spacial score (nSPS) is 11.8. The van der Waals surface area contributed by atoms with Gasteiger partial charge in [0.2, 0.25) is 5.91 Å². The van der Waals surface area contributed by atoms with Crippen LogP contribution in [-0.2, 0) is 14.3 Å². The minimum atomic E-state index is -0.564. The Hall–Kier alpha value is -2.14. The Bertz CT molecular complexity index is 598. The third-order valence-electron chi connectivity index (χ3n) is 3.36. The molecular weight excluding hydrogens is 316 g/mol. The molecule has 5 nitrogen and oxygen atoms in total. The summed E-state index contributed by atoms with van der Waals surface area (Å²) in [5.74, 6) is -0.600. The largest absolute Gasteiger partial charge is 0.459 e. The number of hydrogen-bond acceptors (Lipinski definition) is 4. The Balaban J connectivity index is 2.77. The Morgan fingerprint density at radius 3 is 2.20 bits per heavy atom. The van der Waals surface area contributed by atoms with Crippen LogP contribution < -0.4 is 0 Å². The van der Waals surface area contributed by atoms with Crippen LogP contribution in [0.15, 0.2) is 30.3 Å². The smallest absolute Gasteiger partial charge is 0.326 e. The molecule has 0 aromatic heterocycles.